The standard InChI is InChI=1S/C9H7ClN2O/c10-9-8(11-5-6-12-9)4-2-1-3-7-13/h1-7H. The molecule has 13 heavy (non-hydrogen) atoms. The van der Waals surface area contributed by atoms with E-state index in [0.29, 0.717) is 17.1 Å². The van der Waals surface area contributed by atoms with Crippen molar-refractivity contribution in [2.75, 3.05) is 0 Å². The minimum atomic E-state index is 0.346. The molecular formula is C9H7ClN2O. The highest BCUT2D eigenvalue weighted by Crippen LogP contribution is 2.09. The molecule has 0 radical (unpaired) electrons. The lowest BCUT2D eigenvalue weighted by atomic mass is 10.3. The van der Waals surface area contributed by atoms with Crippen LogP contribution in [0.1, 0.15) is 5.69 Å². The normalized spacial score (nSPS) is 11.2. The molecule has 1 heterocycles. The molecule has 0 amide bonds. The van der Waals surface area contributed by atoms with Crippen LogP contribution < -0.4 is 0 Å². The Hall–Kier alpha value is -1.48. The Kier molecular flexibility index (Phi) is 3.85. The maximum absolute atomic E-state index is 9.91. The summed E-state index contributed by atoms with van der Waals surface area (Å²) in [5.74, 6) is 0. The van der Waals surface area contributed by atoms with Gasteiger partial charge in [-0.15, -0.1) is 0 Å². The Morgan fingerprint density at radius 2 is 1.92 bits per heavy atom. The molecule has 0 aromatic carbocycles. The lowest BCUT2D eigenvalue weighted by Crippen LogP contribution is -1.83. The molecule has 0 N–H and O–H groups in total. The molecular weight excluding hydrogens is 188 g/mol. The van der Waals surface area contributed by atoms with Crippen molar-refractivity contribution in [3.63, 3.8) is 0 Å². The lowest BCUT2D eigenvalue weighted by molar-refractivity contribution is -0.104. The SMILES string of the molecule is O=CC=CC=Cc1nccnc1Cl. The van der Waals surface area contributed by atoms with Gasteiger partial charge >= 0.3 is 0 Å². The molecule has 0 atom stereocenters. The average Bonchev–Trinajstić information content (AvgIpc) is 2.15. The van der Waals surface area contributed by atoms with Crippen molar-refractivity contribution in [1.82, 2.24) is 9.97 Å². The van der Waals surface area contributed by atoms with Crippen molar-refractivity contribution in [3.8, 4) is 0 Å². The Labute approximate surface area is 80.8 Å². The van der Waals surface area contributed by atoms with E-state index in [1.807, 2.05) is 0 Å². The summed E-state index contributed by atoms with van der Waals surface area (Å²) in [7, 11) is 0. The molecule has 1 aromatic rings. The summed E-state index contributed by atoms with van der Waals surface area (Å²) in [5.41, 5.74) is 0.583. The number of carbonyl (C=O) groups excluding carboxylic acids is 1. The number of halogens is 1. The zero-order valence-electron chi connectivity index (χ0n) is 6.72. The van der Waals surface area contributed by atoms with Crippen LogP contribution in [-0.2, 0) is 4.79 Å². The first kappa shape index (κ1) is 9.61. The number of carbonyl (C=O) groups is 1. The second-order valence-corrected chi connectivity index (χ2v) is 2.47. The molecule has 0 unspecified atom stereocenters. The third-order valence-corrected chi connectivity index (χ3v) is 1.53. The van der Waals surface area contributed by atoms with Gasteiger partial charge in [-0.05, 0) is 12.2 Å². The van der Waals surface area contributed by atoms with Crippen LogP contribution in [0.5, 0.6) is 0 Å². The molecule has 66 valence electrons. The number of hydrogen-bond acceptors (Lipinski definition) is 3. The minimum Gasteiger partial charge on any atom is -0.299 e. The van der Waals surface area contributed by atoms with Gasteiger partial charge < -0.3 is 0 Å². The summed E-state index contributed by atoms with van der Waals surface area (Å²) in [6, 6.07) is 0. The van der Waals surface area contributed by atoms with Crippen LogP contribution in [0.15, 0.2) is 30.6 Å². The fourth-order valence-electron chi connectivity index (χ4n) is 0.700. The number of allylic oxidation sites excluding steroid dienone is 3. The molecule has 0 saturated heterocycles. The van der Waals surface area contributed by atoms with Gasteiger partial charge in [0.05, 0.1) is 0 Å². The van der Waals surface area contributed by atoms with E-state index in [1.54, 1.807) is 24.4 Å². The molecule has 0 saturated carbocycles. The van der Waals surface area contributed by atoms with Gasteiger partial charge in [0.2, 0.25) is 0 Å². The molecule has 1 aromatic heterocycles. The van der Waals surface area contributed by atoms with Gasteiger partial charge in [0, 0.05) is 12.4 Å². The van der Waals surface area contributed by atoms with Gasteiger partial charge in [-0.1, -0.05) is 23.8 Å². The van der Waals surface area contributed by atoms with E-state index in [9.17, 15) is 4.79 Å². The van der Waals surface area contributed by atoms with Crippen molar-refractivity contribution in [2.24, 2.45) is 0 Å². The number of rotatable bonds is 3. The fraction of sp³-hybridized carbons (Fsp3) is 0. The summed E-state index contributed by atoms with van der Waals surface area (Å²) in [4.78, 5) is 17.7. The maximum atomic E-state index is 9.91. The van der Waals surface area contributed by atoms with Crippen LogP contribution in [0.3, 0.4) is 0 Å². The Morgan fingerprint density at radius 1 is 1.15 bits per heavy atom. The minimum absolute atomic E-state index is 0.346. The van der Waals surface area contributed by atoms with E-state index >= 15 is 0 Å². The van der Waals surface area contributed by atoms with Gasteiger partial charge in [0.15, 0.2) is 5.15 Å². The van der Waals surface area contributed by atoms with Gasteiger partial charge in [0.1, 0.15) is 12.0 Å². The number of aromatic nitrogens is 2. The van der Waals surface area contributed by atoms with Gasteiger partial charge in [-0.25, -0.2) is 4.98 Å². The second-order valence-electron chi connectivity index (χ2n) is 2.11. The number of hydrogen-bond donors (Lipinski definition) is 0. The summed E-state index contributed by atoms with van der Waals surface area (Å²) >= 11 is 5.72. The predicted octanol–water partition coefficient (Wildman–Crippen LogP) is 1.90. The zero-order chi connectivity index (χ0) is 9.52. The topological polar surface area (TPSA) is 42.9 Å². The number of nitrogens with zero attached hydrogens (tertiary/aromatic N) is 2. The Balaban J connectivity index is 2.74. The summed E-state index contributed by atoms with van der Waals surface area (Å²) in [6.07, 6.45) is 10.1. The molecule has 3 nitrogen and oxygen atoms in total. The van der Waals surface area contributed by atoms with E-state index < -0.39 is 0 Å². The highest BCUT2D eigenvalue weighted by atomic mass is 35.5. The van der Waals surface area contributed by atoms with E-state index in [-0.39, 0.29) is 0 Å². The largest absolute Gasteiger partial charge is 0.299 e. The average molecular weight is 195 g/mol. The summed E-state index contributed by atoms with van der Waals surface area (Å²) < 4.78 is 0. The van der Waals surface area contributed by atoms with E-state index in [2.05, 4.69) is 9.97 Å². The van der Waals surface area contributed by atoms with Crippen LogP contribution in [0, 0.1) is 0 Å². The zero-order valence-corrected chi connectivity index (χ0v) is 7.48. The monoisotopic (exact) mass is 194 g/mol. The van der Waals surface area contributed by atoms with Crippen molar-refractivity contribution in [3.05, 3.63) is 41.5 Å². The van der Waals surface area contributed by atoms with Crippen LogP contribution in [-0.4, -0.2) is 16.3 Å². The lowest BCUT2D eigenvalue weighted by Gasteiger charge is -1.92. The van der Waals surface area contributed by atoms with Gasteiger partial charge in [0.25, 0.3) is 0 Å². The molecule has 0 spiro atoms. The van der Waals surface area contributed by atoms with Crippen LogP contribution in [0.25, 0.3) is 6.08 Å². The summed E-state index contributed by atoms with van der Waals surface area (Å²) in [5, 5.41) is 0.346. The van der Waals surface area contributed by atoms with Crippen LogP contribution >= 0.6 is 11.6 Å². The van der Waals surface area contributed by atoms with Crippen molar-refractivity contribution in [1.29, 1.82) is 0 Å². The Morgan fingerprint density at radius 3 is 2.62 bits per heavy atom. The first-order valence-corrected chi connectivity index (χ1v) is 3.97. The van der Waals surface area contributed by atoms with E-state index in [0.717, 1.165) is 0 Å². The van der Waals surface area contributed by atoms with Gasteiger partial charge in [-0.3, -0.25) is 9.78 Å². The molecule has 0 aliphatic carbocycles. The molecule has 4 heteroatoms. The predicted molar refractivity (Wildman–Crippen MR) is 51.3 cm³/mol. The molecule has 0 fully saturated rings. The van der Waals surface area contributed by atoms with Crippen LogP contribution in [0.2, 0.25) is 5.15 Å². The third-order valence-electron chi connectivity index (χ3n) is 1.23. The first-order valence-electron chi connectivity index (χ1n) is 3.59. The highest BCUT2D eigenvalue weighted by molar-refractivity contribution is 6.30. The fourth-order valence-corrected chi connectivity index (χ4v) is 0.868. The highest BCUT2D eigenvalue weighted by Gasteiger charge is 1.94. The molecule has 1 rings (SSSR count). The Bertz CT molecular complexity index is 347. The smallest absolute Gasteiger partial charge is 0.154 e. The molecule has 0 bridgehead atoms. The van der Waals surface area contributed by atoms with Crippen LogP contribution in [0.4, 0.5) is 0 Å². The van der Waals surface area contributed by atoms with E-state index in [4.69, 9.17) is 11.6 Å². The van der Waals surface area contributed by atoms with Crippen molar-refractivity contribution >= 4 is 24.0 Å². The second kappa shape index (κ2) is 5.22. The first-order chi connectivity index (χ1) is 6.34. The van der Waals surface area contributed by atoms with Crippen molar-refractivity contribution < 1.29 is 4.79 Å². The quantitative estimate of drug-likeness (QED) is 0.419. The molecule has 0 aliphatic heterocycles. The van der Waals surface area contributed by atoms with Crippen molar-refractivity contribution in [2.45, 2.75) is 0 Å². The number of aldehydes is 1. The van der Waals surface area contributed by atoms with E-state index in [1.165, 1.54) is 12.3 Å². The third kappa shape index (κ3) is 3.17. The maximum Gasteiger partial charge on any atom is 0.154 e. The summed E-state index contributed by atoms with van der Waals surface area (Å²) in [6.45, 7) is 0. The van der Waals surface area contributed by atoms with Gasteiger partial charge in [-0.2, -0.15) is 0 Å². The molecule has 0 aliphatic rings.